The number of benzene rings is 1. The molecular weight excluding hydrogens is 447 g/mol. The standard InChI is InChI=1S/C26H25FN6O2/c1-3-35-19-11-12-21(28-15-19)25-32-31-24(33(25)23-10-5-4-8-20(23)27)17-13-18(14-17)30-26(34)22-9-6-7-16(2)29-22/h4-12,15,17-18H,3,13-14H2,1-2H3,(H,30,34). The molecule has 0 spiro atoms. The van der Waals surface area contributed by atoms with E-state index in [1.165, 1.54) is 6.07 Å². The van der Waals surface area contributed by atoms with Gasteiger partial charge in [-0.25, -0.2) is 14.4 Å². The monoisotopic (exact) mass is 472 g/mol. The first-order valence-electron chi connectivity index (χ1n) is 11.6. The highest BCUT2D eigenvalue weighted by molar-refractivity contribution is 5.92. The molecule has 1 amide bonds. The Hall–Kier alpha value is -4.14. The third-order valence-electron chi connectivity index (χ3n) is 6.02. The van der Waals surface area contributed by atoms with Crippen LogP contribution >= 0.6 is 0 Å². The van der Waals surface area contributed by atoms with Crippen LogP contribution < -0.4 is 10.1 Å². The number of hydrogen-bond acceptors (Lipinski definition) is 6. The first-order chi connectivity index (χ1) is 17.0. The van der Waals surface area contributed by atoms with Crippen LogP contribution in [0, 0.1) is 12.7 Å². The van der Waals surface area contributed by atoms with Gasteiger partial charge >= 0.3 is 0 Å². The van der Waals surface area contributed by atoms with Crippen LogP contribution in [0.15, 0.2) is 60.8 Å². The number of halogens is 1. The Morgan fingerprint density at radius 1 is 1.11 bits per heavy atom. The number of aryl methyl sites for hydroxylation is 1. The van der Waals surface area contributed by atoms with E-state index in [1.54, 1.807) is 47.2 Å². The van der Waals surface area contributed by atoms with Crippen molar-refractivity contribution in [1.82, 2.24) is 30.0 Å². The van der Waals surface area contributed by atoms with Crippen LogP contribution in [0.4, 0.5) is 4.39 Å². The first kappa shape index (κ1) is 22.6. The van der Waals surface area contributed by atoms with E-state index in [9.17, 15) is 9.18 Å². The van der Waals surface area contributed by atoms with Gasteiger partial charge in [-0.05, 0) is 63.1 Å². The van der Waals surface area contributed by atoms with Crippen LogP contribution in [0.5, 0.6) is 5.75 Å². The number of aromatic nitrogens is 5. The molecule has 0 aliphatic heterocycles. The molecule has 1 aliphatic carbocycles. The Morgan fingerprint density at radius 3 is 2.66 bits per heavy atom. The number of para-hydroxylation sites is 1. The molecule has 1 saturated carbocycles. The SMILES string of the molecule is CCOc1ccc(-c2nnc(C3CC(NC(=O)c4cccc(C)n4)C3)n2-c2ccccc2F)nc1. The van der Waals surface area contributed by atoms with Gasteiger partial charge in [-0.3, -0.25) is 9.36 Å². The fraction of sp³-hybridized carbons (Fsp3) is 0.269. The average molecular weight is 473 g/mol. The van der Waals surface area contributed by atoms with Crippen molar-refractivity contribution in [3.05, 3.63) is 83.8 Å². The quantitative estimate of drug-likeness (QED) is 0.432. The van der Waals surface area contributed by atoms with Gasteiger partial charge < -0.3 is 10.1 Å². The van der Waals surface area contributed by atoms with Gasteiger partial charge in [-0.15, -0.1) is 10.2 Å². The zero-order valence-corrected chi connectivity index (χ0v) is 19.5. The van der Waals surface area contributed by atoms with E-state index in [0.717, 1.165) is 5.69 Å². The highest BCUT2D eigenvalue weighted by atomic mass is 19.1. The van der Waals surface area contributed by atoms with Gasteiger partial charge in [-0.2, -0.15) is 0 Å². The lowest BCUT2D eigenvalue weighted by molar-refractivity contribution is 0.0901. The Labute approximate surface area is 202 Å². The second-order valence-electron chi connectivity index (χ2n) is 8.48. The molecule has 5 rings (SSSR count). The van der Waals surface area contributed by atoms with Crippen LogP contribution in [0.2, 0.25) is 0 Å². The number of carbonyl (C=O) groups is 1. The van der Waals surface area contributed by atoms with Crippen LogP contribution in [0.25, 0.3) is 17.2 Å². The summed E-state index contributed by atoms with van der Waals surface area (Å²) in [6.45, 7) is 4.29. The van der Waals surface area contributed by atoms with E-state index in [2.05, 4.69) is 25.5 Å². The van der Waals surface area contributed by atoms with Gasteiger partial charge in [0.05, 0.1) is 18.5 Å². The predicted molar refractivity (Wildman–Crippen MR) is 128 cm³/mol. The van der Waals surface area contributed by atoms with E-state index in [1.807, 2.05) is 26.0 Å². The molecule has 3 aromatic heterocycles. The molecule has 8 nitrogen and oxygen atoms in total. The minimum atomic E-state index is -0.379. The maximum absolute atomic E-state index is 14.9. The van der Waals surface area contributed by atoms with Gasteiger partial charge in [0.25, 0.3) is 5.91 Å². The summed E-state index contributed by atoms with van der Waals surface area (Å²) in [6, 6.07) is 15.5. The summed E-state index contributed by atoms with van der Waals surface area (Å²) in [6.07, 6.45) is 2.95. The van der Waals surface area contributed by atoms with E-state index < -0.39 is 0 Å². The fourth-order valence-electron chi connectivity index (χ4n) is 4.24. The second-order valence-corrected chi connectivity index (χ2v) is 8.48. The minimum absolute atomic E-state index is 0.00863. The summed E-state index contributed by atoms with van der Waals surface area (Å²) in [7, 11) is 0. The van der Waals surface area contributed by atoms with E-state index in [4.69, 9.17) is 4.74 Å². The van der Waals surface area contributed by atoms with E-state index in [0.29, 0.717) is 53.9 Å². The molecule has 4 aromatic rings. The molecule has 0 saturated heterocycles. The highest BCUT2D eigenvalue weighted by Crippen LogP contribution is 2.39. The van der Waals surface area contributed by atoms with Crippen molar-refractivity contribution in [3.8, 4) is 23.0 Å². The average Bonchev–Trinajstić information content (AvgIpc) is 3.26. The lowest BCUT2D eigenvalue weighted by Gasteiger charge is -2.35. The van der Waals surface area contributed by atoms with Gasteiger partial charge in [0.1, 0.15) is 28.8 Å². The Kier molecular flexibility index (Phi) is 6.22. The number of pyridine rings is 2. The molecule has 1 aliphatic rings. The summed E-state index contributed by atoms with van der Waals surface area (Å²) in [5.74, 6) is 1.16. The molecule has 3 heterocycles. The van der Waals surface area contributed by atoms with Crippen LogP contribution in [0.1, 0.15) is 47.7 Å². The third-order valence-corrected chi connectivity index (χ3v) is 6.02. The van der Waals surface area contributed by atoms with Gasteiger partial charge in [-0.1, -0.05) is 18.2 Å². The smallest absolute Gasteiger partial charge is 0.270 e. The van der Waals surface area contributed by atoms with Gasteiger partial charge in [0.15, 0.2) is 5.82 Å². The summed E-state index contributed by atoms with van der Waals surface area (Å²) in [5, 5.41) is 11.8. The van der Waals surface area contributed by atoms with Crippen LogP contribution in [-0.4, -0.2) is 43.3 Å². The molecule has 0 atom stereocenters. The third kappa shape index (κ3) is 4.62. The Balaban J connectivity index is 1.40. The Morgan fingerprint density at radius 2 is 1.94 bits per heavy atom. The van der Waals surface area contributed by atoms with Crippen molar-refractivity contribution in [2.45, 2.75) is 38.6 Å². The van der Waals surface area contributed by atoms with Crippen LogP contribution in [-0.2, 0) is 0 Å². The fourth-order valence-corrected chi connectivity index (χ4v) is 4.24. The number of ether oxygens (including phenoxy) is 1. The highest BCUT2D eigenvalue weighted by Gasteiger charge is 2.36. The maximum atomic E-state index is 14.9. The number of nitrogens with one attached hydrogen (secondary N) is 1. The maximum Gasteiger partial charge on any atom is 0.270 e. The first-order valence-corrected chi connectivity index (χ1v) is 11.6. The Bertz CT molecular complexity index is 1350. The summed E-state index contributed by atoms with van der Waals surface area (Å²) >= 11 is 0. The minimum Gasteiger partial charge on any atom is -0.492 e. The molecule has 1 fully saturated rings. The molecule has 9 heteroatoms. The molecule has 35 heavy (non-hydrogen) atoms. The number of carbonyl (C=O) groups excluding carboxylic acids is 1. The molecule has 0 unspecified atom stereocenters. The van der Waals surface area contributed by atoms with E-state index in [-0.39, 0.29) is 23.7 Å². The normalized spacial score (nSPS) is 17.0. The second kappa shape index (κ2) is 9.61. The molecule has 0 bridgehead atoms. The topological polar surface area (TPSA) is 94.8 Å². The van der Waals surface area contributed by atoms with Crippen LogP contribution in [0.3, 0.4) is 0 Å². The number of nitrogens with zero attached hydrogens (tertiary/aromatic N) is 5. The van der Waals surface area contributed by atoms with Crippen molar-refractivity contribution in [2.24, 2.45) is 0 Å². The zero-order valence-electron chi connectivity index (χ0n) is 19.5. The summed E-state index contributed by atoms with van der Waals surface area (Å²) < 4.78 is 22.1. The zero-order chi connectivity index (χ0) is 24.4. The predicted octanol–water partition coefficient (Wildman–Crippen LogP) is 4.25. The molecule has 1 aromatic carbocycles. The number of rotatable bonds is 7. The van der Waals surface area contributed by atoms with Crippen molar-refractivity contribution in [3.63, 3.8) is 0 Å². The largest absolute Gasteiger partial charge is 0.492 e. The van der Waals surface area contributed by atoms with Gasteiger partial charge in [0.2, 0.25) is 0 Å². The molecule has 178 valence electrons. The number of amides is 1. The molecular formula is C26H25FN6O2. The summed E-state index contributed by atoms with van der Waals surface area (Å²) in [5.41, 5.74) is 2.10. The molecule has 0 radical (unpaired) electrons. The van der Waals surface area contributed by atoms with Gasteiger partial charge in [0, 0.05) is 17.7 Å². The molecule has 1 N–H and O–H groups in total. The van der Waals surface area contributed by atoms with Crippen molar-refractivity contribution < 1.29 is 13.9 Å². The lowest BCUT2D eigenvalue weighted by atomic mass is 9.79. The van der Waals surface area contributed by atoms with E-state index >= 15 is 0 Å². The van der Waals surface area contributed by atoms with Crippen molar-refractivity contribution >= 4 is 5.91 Å². The van der Waals surface area contributed by atoms with Crippen molar-refractivity contribution in [1.29, 1.82) is 0 Å². The lowest BCUT2D eigenvalue weighted by Crippen LogP contribution is -2.44. The number of hydrogen-bond donors (Lipinski definition) is 1. The summed E-state index contributed by atoms with van der Waals surface area (Å²) in [4.78, 5) is 21.3. The van der Waals surface area contributed by atoms with Crippen molar-refractivity contribution in [2.75, 3.05) is 6.61 Å².